The van der Waals surface area contributed by atoms with Gasteiger partial charge in [0.05, 0.1) is 41.7 Å². The van der Waals surface area contributed by atoms with Gasteiger partial charge in [-0.3, -0.25) is 14.9 Å². The van der Waals surface area contributed by atoms with E-state index in [1.54, 1.807) is 55.2 Å². The molecule has 5 aromatic rings. The number of thioether (sulfide) groups is 1. The molecule has 0 bridgehead atoms. The molecule has 0 radical (unpaired) electrons. The first-order valence-corrected chi connectivity index (χ1v) is 15.5. The van der Waals surface area contributed by atoms with Crippen molar-refractivity contribution in [2.45, 2.75) is 31.3 Å². The predicted molar refractivity (Wildman–Crippen MR) is 174 cm³/mol. The fourth-order valence-corrected chi connectivity index (χ4v) is 5.10. The Hall–Kier alpha value is -5.37. The van der Waals surface area contributed by atoms with Gasteiger partial charge in [0.15, 0.2) is 0 Å². The number of nitrogens with one attached hydrogen (secondary N) is 1. The third-order valence-corrected chi connectivity index (χ3v) is 7.58. The summed E-state index contributed by atoms with van der Waals surface area (Å²) in [5.41, 5.74) is 8.58. The van der Waals surface area contributed by atoms with E-state index < -0.39 is 17.8 Å². The summed E-state index contributed by atoms with van der Waals surface area (Å²) in [7, 11) is 0. The van der Waals surface area contributed by atoms with Crippen molar-refractivity contribution in [1.29, 1.82) is 0 Å². The number of rotatable bonds is 6. The number of carbonyl (C=O) groups is 1. The van der Waals surface area contributed by atoms with Crippen molar-refractivity contribution in [3.63, 3.8) is 0 Å². The van der Waals surface area contributed by atoms with E-state index >= 15 is 0 Å². The molecule has 10 nitrogen and oxygen atoms in total. The fraction of sp³-hybridized carbons (Fsp3) is 0.182. The maximum atomic E-state index is 13.4. The number of aryl methyl sites for hydroxylation is 2. The largest absolute Gasteiger partial charge is 0.437 e. The third kappa shape index (κ3) is 8.67. The third-order valence-electron chi connectivity index (χ3n) is 6.81. The molecule has 3 N–H and O–H groups in total. The number of nitrogen functional groups attached to an aromatic ring is 1. The SMILES string of the molecule is CSc1cc2c(cc1C(F)(F)F)N(C(=O)Nc1ccc(Oc3ccc(C)nc3)nc1)CC2.Cc1ccc(Oc2ccc(N)cn2)cn1. The number of carbonyl (C=O) groups excluding carboxylic acids is 1. The number of hydrogen-bond donors (Lipinski definition) is 2. The van der Waals surface area contributed by atoms with Gasteiger partial charge in [-0.1, -0.05) is 0 Å². The molecule has 0 aliphatic carbocycles. The highest BCUT2D eigenvalue weighted by molar-refractivity contribution is 7.98. The van der Waals surface area contributed by atoms with Gasteiger partial charge < -0.3 is 20.5 Å². The molecule has 1 aliphatic heterocycles. The van der Waals surface area contributed by atoms with E-state index in [0.717, 1.165) is 29.2 Å². The van der Waals surface area contributed by atoms with Gasteiger partial charge in [0.2, 0.25) is 11.8 Å². The van der Waals surface area contributed by atoms with Crippen LogP contribution in [0.25, 0.3) is 0 Å². The van der Waals surface area contributed by atoms with Crippen molar-refractivity contribution in [3.8, 4) is 23.3 Å². The fourth-order valence-electron chi connectivity index (χ4n) is 4.44. The van der Waals surface area contributed by atoms with Crippen LogP contribution in [0.1, 0.15) is 22.5 Å². The van der Waals surface area contributed by atoms with Gasteiger partial charge in [0.1, 0.15) is 11.5 Å². The average Bonchev–Trinajstić information content (AvgIpc) is 3.48. The number of nitrogens with two attached hydrogens (primary N) is 1. The lowest BCUT2D eigenvalue weighted by Crippen LogP contribution is -2.33. The molecule has 0 atom stereocenters. The number of benzene rings is 1. The minimum atomic E-state index is -4.50. The van der Waals surface area contributed by atoms with Gasteiger partial charge in [-0.25, -0.2) is 14.8 Å². The summed E-state index contributed by atoms with van der Waals surface area (Å²) in [6.07, 6.45) is 3.81. The Morgan fingerprint density at radius 3 is 1.96 bits per heavy atom. The zero-order chi connectivity index (χ0) is 33.6. The number of halogens is 3. The van der Waals surface area contributed by atoms with E-state index in [-0.39, 0.29) is 10.6 Å². The molecule has 14 heteroatoms. The lowest BCUT2D eigenvalue weighted by Gasteiger charge is -2.20. The highest BCUT2D eigenvalue weighted by atomic mass is 32.2. The highest BCUT2D eigenvalue weighted by Gasteiger charge is 2.36. The standard InChI is InChI=1S/C22H19F3N4O2S.C11H11N3O/c1-13-3-5-16(12-26-13)31-20-6-4-15(11-27-20)28-21(30)29-8-7-14-9-19(32-2)17(10-18(14)29)22(23,24)25;1-8-2-4-10(7-13-8)15-11-5-3-9(12)6-14-11/h3-6,9-12H,7-8H2,1-2H3,(H,28,30);2-7H,12H2,1H3. The Labute approximate surface area is 273 Å². The topological polar surface area (TPSA) is 128 Å². The lowest BCUT2D eigenvalue weighted by atomic mass is 10.1. The van der Waals surface area contributed by atoms with Gasteiger partial charge in [-0.15, -0.1) is 11.8 Å². The van der Waals surface area contributed by atoms with Crippen LogP contribution in [0.2, 0.25) is 0 Å². The van der Waals surface area contributed by atoms with Gasteiger partial charge in [0, 0.05) is 40.6 Å². The molecule has 5 heterocycles. The molecule has 47 heavy (non-hydrogen) atoms. The van der Waals surface area contributed by atoms with Gasteiger partial charge in [-0.05, 0) is 80.6 Å². The number of anilines is 3. The Morgan fingerprint density at radius 2 is 1.47 bits per heavy atom. The summed E-state index contributed by atoms with van der Waals surface area (Å²) < 4.78 is 51.4. The predicted octanol–water partition coefficient (Wildman–Crippen LogP) is 8.07. The first-order chi connectivity index (χ1) is 22.5. The van der Waals surface area contributed by atoms with Crippen LogP contribution in [0.4, 0.5) is 35.0 Å². The van der Waals surface area contributed by atoms with E-state index in [1.807, 2.05) is 32.0 Å². The van der Waals surface area contributed by atoms with Crippen molar-refractivity contribution < 1.29 is 27.4 Å². The Bertz CT molecular complexity index is 1780. The summed E-state index contributed by atoms with van der Waals surface area (Å²) in [6, 6.07) is 16.0. The van der Waals surface area contributed by atoms with Crippen LogP contribution in [0.3, 0.4) is 0 Å². The Kier molecular flexibility index (Phi) is 10.1. The number of fused-ring (bicyclic) bond motifs is 1. The maximum Gasteiger partial charge on any atom is 0.417 e. The van der Waals surface area contributed by atoms with Crippen LogP contribution < -0.4 is 25.4 Å². The molecule has 0 unspecified atom stereocenters. The molecule has 6 rings (SSSR count). The van der Waals surface area contributed by atoms with Crippen LogP contribution in [-0.4, -0.2) is 38.8 Å². The van der Waals surface area contributed by atoms with Gasteiger partial charge >= 0.3 is 12.2 Å². The van der Waals surface area contributed by atoms with E-state index in [0.29, 0.717) is 53.2 Å². The summed E-state index contributed by atoms with van der Waals surface area (Å²) in [4.78, 5) is 30.7. The number of aromatic nitrogens is 4. The van der Waals surface area contributed by atoms with E-state index in [9.17, 15) is 18.0 Å². The smallest absolute Gasteiger partial charge is 0.417 e. The molecular formula is C33H30F3N7O3S. The van der Waals surface area contributed by atoms with Crippen molar-refractivity contribution in [2.75, 3.05) is 28.8 Å². The van der Waals surface area contributed by atoms with Gasteiger partial charge in [-0.2, -0.15) is 13.2 Å². The van der Waals surface area contributed by atoms with Crippen LogP contribution in [0.15, 0.2) is 90.3 Å². The van der Waals surface area contributed by atoms with Gasteiger partial charge in [0.25, 0.3) is 0 Å². The molecule has 4 aromatic heterocycles. The van der Waals surface area contributed by atoms with Crippen molar-refractivity contribution in [3.05, 3.63) is 108 Å². The number of nitrogens with zero attached hydrogens (tertiary/aromatic N) is 5. The van der Waals surface area contributed by atoms with Crippen molar-refractivity contribution >= 4 is 34.9 Å². The highest BCUT2D eigenvalue weighted by Crippen LogP contribution is 2.42. The molecular weight excluding hydrogens is 631 g/mol. The first-order valence-electron chi connectivity index (χ1n) is 14.2. The average molecular weight is 662 g/mol. The molecule has 1 aromatic carbocycles. The number of ether oxygens (including phenoxy) is 2. The van der Waals surface area contributed by atoms with E-state index in [2.05, 4.69) is 25.3 Å². The number of urea groups is 1. The molecule has 0 spiro atoms. The summed E-state index contributed by atoms with van der Waals surface area (Å²) in [6.45, 7) is 4.08. The summed E-state index contributed by atoms with van der Waals surface area (Å²) >= 11 is 1.04. The molecule has 0 fully saturated rings. The number of amides is 2. The van der Waals surface area contributed by atoms with Crippen LogP contribution in [-0.2, 0) is 12.6 Å². The van der Waals surface area contributed by atoms with Crippen LogP contribution in [0, 0.1) is 13.8 Å². The van der Waals surface area contributed by atoms with Crippen molar-refractivity contribution in [2.24, 2.45) is 0 Å². The molecule has 2 amide bonds. The minimum absolute atomic E-state index is 0.155. The molecule has 0 saturated heterocycles. The van der Waals surface area contributed by atoms with E-state index in [1.165, 1.54) is 17.2 Å². The number of pyridine rings is 4. The molecule has 242 valence electrons. The second kappa shape index (κ2) is 14.4. The Balaban J connectivity index is 0.000000241. The molecule has 1 aliphatic rings. The zero-order valence-electron chi connectivity index (χ0n) is 25.6. The van der Waals surface area contributed by atoms with Crippen molar-refractivity contribution in [1.82, 2.24) is 19.9 Å². The number of alkyl halides is 3. The summed E-state index contributed by atoms with van der Waals surface area (Å²) in [5.74, 6) is 2.02. The summed E-state index contributed by atoms with van der Waals surface area (Å²) in [5, 5.41) is 2.68. The van der Waals surface area contributed by atoms with Crippen LogP contribution in [0.5, 0.6) is 23.3 Å². The zero-order valence-corrected chi connectivity index (χ0v) is 26.4. The maximum absolute atomic E-state index is 13.4. The minimum Gasteiger partial charge on any atom is -0.437 e. The quantitative estimate of drug-likeness (QED) is 0.174. The Morgan fingerprint density at radius 1 is 0.851 bits per heavy atom. The molecule has 0 saturated carbocycles. The second-order valence-electron chi connectivity index (χ2n) is 10.3. The monoisotopic (exact) mass is 661 g/mol. The first kappa shape index (κ1) is 33.0. The normalized spacial score (nSPS) is 12.1. The van der Waals surface area contributed by atoms with Crippen LogP contribution >= 0.6 is 11.8 Å². The number of hydrogen-bond acceptors (Lipinski definition) is 9. The lowest BCUT2D eigenvalue weighted by molar-refractivity contribution is -0.139. The second-order valence-corrected chi connectivity index (χ2v) is 11.1. The van der Waals surface area contributed by atoms with E-state index in [4.69, 9.17) is 15.2 Å².